The lowest BCUT2D eigenvalue weighted by molar-refractivity contribution is -0.385. The molecule has 0 N–H and O–H groups in total. The van der Waals surface area contributed by atoms with Crippen molar-refractivity contribution >= 4 is 11.4 Å². The minimum absolute atomic E-state index is 0.104. The van der Waals surface area contributed by atoms with E-state index < -0.39 is 15.4 Å². The monoisotopic (exact) mass is 338 g/mol. The SMILES string of the molecule is O=c1ccc(-c2cccc([N+](=O)[O-])c2)nn1-c1cccc([N+](=O)[O-])c1. The van der Waals surface area contributed by atoms with Crippen LogP contribution in [0.3, 0.4) is 0 Å². The highest BCUT2D eigenvalue weighted by Crippen LogP contribution is 2.22. The van der Waals surface area contributed by atoms with Gasteiger partial charge >= 0.3 is 0 Å². The molecule has 0 aliphatic heterocycles. The first kappa shape index (κ1) is 16.0. The molecule has 1 aromatic heterocycles. The van der Waals surface area contributed by atoms with Crippen LogP contribution in [0.15, 0.2) is 65.5 Å². The summed E-state index contributed by atoms with van der Waals surface area (Å²) in [5.74, 6) is 0. The molecule has 0 saturated carbocycles. The van der Waals surface area contributed by atoms with E-state index >= 15 is 0 Å². The summed E-state index contributed by atoms with van der Waals surface area (Å²) in [6.07, 6.45) is 0. The van der Waals surface area contributed by atoms with Gasteiger partial charge in [0, 0.05) is 35.9 Å². The van der Waals surface area contributed by atoms with Gasteiger partial charge in [-0.2, -0.15) is 9.78 Å². The Morgan fingerprint density at radius 1 is 0.840 bits per heavy atom. The topological polar surface area (TPSA) is 121 Å². The van der Waals surface area contributed by atoms with E-state index in [1.54, 1.807) is 6.07 Å². The van der Waals surface area contributed by atoms with Gasteiger partial charge in [-0.25, -0.2) is 0 Å². The quantitative estimate of drug-likeness (QED) is 0.532. The van der Waals surface area contributed by atoms with Crippen LogP contribution in [0.25, 0.3) is 16.9 Å². The first-order valence-electron chi connectivity index (χ1n) is 7.06. The fraction of sp³-hybridized carbons (Fsp3) is 0. The molecule has 25 heavy (non-hydrogen) atoms. The Bertz CT molecular complexity index is 1040. The minimum atomic E-state index is -0.570. The van der Waals surface area contributed by atoms with Gasteiger partial charge in [0.2, 0.25) is 0 Å². The summed E-state index contributed by atoms with van der Waals surface area (Å²) in [5.41, 5.74) is 0.253. The average molecular weight is 338 g/mol. The molecule has 2 aromatic carbocycles. The van der Waals surface area contributed by atoms with Crippen molar-refractivity contribution in [1.29, 1.82) is 0 Å². The lowest BCUT2D eigenvalue weighted by atomic mass is 10.1. The van der Waals surface area contributed by atoms with Crippen LogP contribution >= 0.6 is 0 Å². The molecular weight excluding hydrogens is 328 g/mol. The molecule has 0 aliphatic rings. The number of nitro groups is 2. The third-order valence-electron chi connectivity index (χ3n) is 3.44. The standard InChI is InChI=1S/C16H10N4O5/c21-16-8-7-15(11-3-1-5-13(9-11)19(22)23)17-18(16)12-4-2-6-14(10-12)20(24)25/h1-10H. The number of nitro benzene ring substituents is 2. The molecule has 0 atom stereocenters. The lowest BCUT2D eigenvalue weighted by Crippen LogP contribution is -2.20. The van der Waals surface area contributed by atoms with Gasteiger partial charge in [-0.1, -0.05) is 18.2 Å². The van der Waals surface area contributed by atoms with Gasteiger partial charge in [-0.05, 0) is 12.1 Å². The van der Waals surface area contributed by atoms with Crippen molar-refractivity contribution < 1.29 is 9.85 Å². The summed E-state index contributed by atoms with van der Waals surface area (Å²) in [5, 5.41) is 26.0. The molecule has 124 valence electrons. The van der Waals surface area contributed by atoms with E-state index in [1.807, 2.05) is 0 Å². The zero-order valence-corrected chi connectivity index (χ0v) is 12.6. The van der Waals surface area contributed by atoms with Crippen LogP contribution in [0.5, 0.6) is 0 Å². The van der Waals surface area contributed by atoms with Crippen LogP contribution in [0.2, 0.25) is 0 Å². The average Bonchev–Trinajstić information content (AvgIpc) is 2.62. The maximum Gasteiger partial charge on any atom is 0.271 e. The van der Waals surface area contributed by atoms with E-state index in [-0.39, 0.29) is 17.1 Å². The largest absolute Gasteiger partial charge is 0.271 e. The van der Waals surface area contributed by atoms with E-state index in [0.717, 1.165) is 4.68 Å². The predicted octanol–water partition coefficient (Wildman–Crippen LogP) is 2.72. The number of nitrogens with zero attached hydrogens (tertiary/aromatic N) is 4. The molecule has 0 amide bonds. The number of hydrogen-bond donors (Lipinski definition) is 0. The molecule has 0 saturated heterocycles. The predicted molar refractivity (Wildman–Crippen MR) is 88.6 cm³/mol. The second-order valence-electron chi connectivity index (χ2n) is 5.05. The number of hydrogen-bond acceptors (Lipinski definition) is 6. The minimum Gasteiger partial charge on any atom is -0.267 e. The van der Waals surface area contributed by atoms with Crippen LogP contribution in [-0.2, 0) is 0 Å². The number of rotatable bonds is 4. The van der Waals surface area contributed by atoms with Gasteiger partial charge in [0.05, 0.1) is 21.2 Å². The molecule has 0 aliphatic carbocycles. The fourth-order valence-corrected chi connectivity index (χ4v) is 2.27. The van der Waals surface area contributed by atoms with Crippen LogP contribution in [0.4, 0.5) is 11.4 Å². The van der Waals surface area contributed by atoms with Gasteiger partial charge in [-0.3, -0.25) is 25.0 Å². The van der Waals surface area contributed by atoms with Gasteiger partial charge in [0.1, 0.15) is 0 Å². The van der Waals surface area contributed by atoms with Gasteiger partial charge in [0.25, 0.3) is 16.9 Å². The first-order valence-corrected chi connectivity index (χ1v) is 7.06. The van der Waals surface area contributed by atoms with Gasteiger partial charge in [-0.15, -0.1) is 0 Å². The van der Waals surface area contributed by atoms with Crippen LogP contribution in [-0.4, -0.2) is 19.6 Å². The van der Waals surface area contributed by atoms with E-state index in [1.165, 1.54) is 54.6 Å². The fourth-order valence-electron chi connectivity index (χ4n) is 2.27. The number of benzene rings is 2. The Hall–Kier alpha value is -3.88. The molecule has 0 bridgehead atoms. The van der Waals surface area contributed by atoms with Crippen molar-refractivity contribution in [3.05, 3.63) is 91.2 Å². The Balaban J connectivity index is 2.12. The summed E-state index contributed by atoms with van der Waals surface area (Å²) < 4.78 is 1.02. The van der Waals surface area contributed by atoms with Crippen molar-refractivity contribution in [2.24, 2.45) is 0 Å². The van der Waals surface area contributed by atoms with Crippen LogP contribution in [0.1, 0.15) is 0 Å². The second kappa shape index (κ2) is 6.32. The molecule has 0 spiro atoms. The van der Waals surface area contributed by atoms with Crippen molar-refractivity contribution in [2.45, 2.75) is 0 Å². The molecule has 0 unspecified atom stereocenters. The highest BCUT2D eigenvalue weighted by Gasteiger charge is 2.12. The third-order valence-corrected chi connectivity index (χ3v) is 3.44. The highest BCUT2D eigenvalue weighted by atomic mass is 16.6. The van der Waals surface area contributed by atoms with Crippen LogP contribution in [0, 0.1) is 20.2 Å². The maximum atomic E-state index is 12.1. The highest BCUT2D eigenvalue weighted by molar-refractivity contribution is 5.62. The molecule has 0 radical (unpaired) electrons. The first-order chi connectivity index (χ1) is 12.0. The Morgan fingerprint density at radius 2 is 1.48 bits per heavy atom. The summed E-state index contributed by atoms with van der Waals surface area (Å²) in [6, 6.07) is 14.0. The van der Waals surface area contributed by atoms with Crippen LogP contribution < -0.4 is 5.56 Å². The molecular formula is C16H10N4O5. The van der Waals surface area contributed by atoms with E-state index in [9.17, 15) is 25.0 Å². The van der Waals surface area contributed by atoms with E-state index in [0.29, 0.717) is 11.3 Å². The van der Waals surface area contributed by atoms with Crippen molar-refractivity contribution in [2.75, 3.05) is 0 Å². The molecule has 3 aromatic rings. The zero-order chi connectivity index (χ0) is 18.0. The van der Waals surface area contributed by atoms with Gasteiger partial charge < -0.3 is 0 Å². The summed E-state index contributed by atoms with van der Waals surface area (Å²) >= 11 is 0. The van der Waals surface area contributed by atoms with E-state index in [2.05, 4.69) is 5.10 Å². The van der Waals surface area contributed by atoms with Crippen molar-refractivity contribution in [1.82, 2.24) is 9.78 Å². The summed E-state index contributed by atoms with van der Waals surface area (Å²) in [6.45, 7) is 0. The molecule has 3 rings (SSSR count). The molecule has 1 heterocycles. The van der Waals surface area contributed by atoms with E-state index in [4.69, 9.17) is 0 Å². The zero-order valence-electron chi connectivity index (χ0n) is 12.6. The molecule has 0 fully saturated rings. The number of non-ortho nitro benzene ring substituents is 2. The smallest absolute Gasteiger partial charge is 0.267 e. The summed E-state index contributed by atoms with van der Waals surface area (Å²) in [7, 11) is 0. The maximum absolute atomic E-state index is 12.1. The van der Waals surface area contributed by atoms with Crippen molar-refractivity contribution in [3.63, 3.8) is 0 Å². The summed E-state index contributed by atoms with van der Waals surface area (Å²) in [4.78, 5) is 32.8. The van der Waals surface area contributed by atoms with Crippen molar-refractivity contribution in [3.8, 4) is 16.9 Å². The Morgan fingerprint density at radius 3 is 2.16 bits per heavy atom. The normalized spacial score (nSPS) is 10.4. The Labute approximate surface area is 140 Å². The third kappa shape index (κ3) is 3.24. The number of aromatic nitrogens is 2. The Kier molecular flexibility index (Phi) is 4.04. The molecule has 9 nitrogen and oxygen atoms in total. The molecule has 9 heteroatoms. The van der Waals surface area contributed by atoms with Gasteiger partial charge in [0.15, 0.2) is 0 Å². The lowest BCUT2D eigenvalue weighted by Gasteiger charge is -2.07. The second-order valence-corrected chi connectivity index (χ2v) is 5.05.